The largest absolute Gasteiger partial charge is 0.465 e. The van der Waals surface area contributed by atoms with E-state index in [4.69, 9.17) is 4.74 Å². The monoisotopic (exact) mass is 456 g/mol. The summed E-state index contributed by atoms with van der Waals surface area (Å²) in [6.45, 7) is 2.20. The maximum Gasteiger partial charge on any atom is 0.348 e. The van der Waals surface area contributed by atoms with Crippen molar-refractivity contribution < 1.29 is 23.1 Å². The van der Waals surface area contributed by atoms with Crippen molar-refractivity contribution in [3.8, 4) is 0 Å². The van der Waals surface area contributed by atoms with Crippen molar-refractivity contribution in [3.63, 3.8) is 0 Å². The number of ether oxygens (including phenoxy) is 1. The normalized spacial score (nSPS) is 14.6. The minimum Gasteiger partial charge on any atom is -0.465 e. The predicted octanol–water partition coefficient (Wildman–Crippen LogP) is 4.36. The highest BCUT2D eigenvalue weighted by Gasteiger charge is 2.29. The number of rotatable bonds is 5. The van der Waals surface area contributed by atoms with Gasteiger partial charge in [0, 0.05) is 26.2 Å². The molecule has 32 heavy (non-hydrogen) atoms. The van der Waals surface area contributed by atoms with Gasteiger partial charge >= 0.3 is 5.97 Å². The van der Waals surface area contributed by atoms with Crippen LogP contribution in [0.5, 0.6) is 0 Å². The van der Waals surface area contributed by atoms with E-state index in [-0.39, 0.29) is 23.6 Å². The molecule has 0 saturated carbocycles. The van der Waals surface area contributed by atoms with Crippen LogP contribution >= 0.6 is 11.3 Å². The van der Waals surface area contributed by atoms with E-state index in [9.17, 15) is 18.4 Å². The molecular weight excluding hydrogens is 434 g/mol. The Hall–Kier alpha value is -3.10. The van der Waals surface area contributed by atoms with Crippen LogP contribution in [0.25, 0.3) is 0 Å². The van der Waals surface area contributed by atoms with Crippen molar-refractivity contribution in [1.82, 2.24) is 9.80 Å². The van der Waals surface area contributed by atoms with E-state index < -0.39 is 5.97 Å². The molecule has 1 aliphatic rings. The molecule has 0 unspecified atom stereocenters. The van der Waals surface area contributed by atoms with Gasteiger partial charge in [-0.1, -0.05) is 24.3 Å². The molecular formula is C24H22F2N2O3S. The van der Waals surface area contributed by atoms with Gasteiger partial charge < -0.3 is 9.64 Å². The molecule has 166 valence electrons. The van der Waals surface area contributed by atoms with E-state index in [0.717, 1.165) is 22.5 Å². The van der Waals surface area contributed by atoms with E-state index >= 15 is 0 Å². The summed E-state index contributed by atoms with van der Waals surface area (Å²) in [5.74, 6) is -1.21. The molecule has 0 radical (unpaired) electrons. The molecule has 1 aromatic heterocycles. The molecule has 2 heterocycles. The van der Waals surface area contributed by atoms with Crippen LogP contribution in [0.15, 0.2) is 60.7 Å². The minimum absolute atomic E-state index is 0.120. The zero-order valence-corrected chi connectivity index (χ0v) is 18.3. The van der Waals surface area contributed by atoms with Crippen LogP contribution in [-0.4, -0.2) is 55.0 Å². The van der Waals surface area contributed by atoms with Crippen molar-refractivity contribution in [2.45, 2.75) is 6.04 Å². The SMILES string of the molecule is COC(=O)c1ccc(C(=O)N2CCN(C(c3ccc(F)cc3)c3ccc(F)cc3)CC2)s1. The predicted molar refractivity (Wildman–Crippen MR) is 118 cm³/mol. The number of hydrogen-bond acceptors (Lipinski definition) is 5. The fourth-order valence-electron chi connectivity index (χ4n) is 3.91. The number of amides is 1. The first-order valence-electron chi connectivity index (χ1n) is 10.2. The smallest absolute Gasteiger partial charge is 0.348 e. The van der Waals surface area contributed by atoms with Crippen molar-refractivity contribution in [3.05, 3.63) is 93.2 Å². The first kappa shape index (κ1) is 22.1. The van der Waals surface area contributed by atoms with Crippen molar-refractivity contribution in [2.24, 2.45) is 0 Å². The molecule has 3 aromatic rings. The number of halogens is 2. The summed E-state index contributed by atoms with van der Waals surface area (Å²) < 4.78 is 31.7. The Morgan fingerprint density at radius 3 is 1.81 bits per heavy atom. The maximum atomic E-state index is 13.5. The second-order valence-electron chi connectivity index (χ2n) is 7.49. The Balaban J connectivity index is 1.50. The zero-order chi connectivity index (χ0) is 22.7. The second kappa shape index (κ2) is 9.58. The second-order valence-corrected chi connectivity index (χ2v) is 8.57. The van der Waals surface area contributed by atoms with Crippen LogP contribution in [0.2, 0.25) is 0 Å². The molecule has 0 spiro atoms. The molecule has 0 aliphatic carbocycles. The van der Waals surface area contributed by atoms with Crippen molar-refractivity contribution in [1.29, 1.82) is 0 Å². The Morgan fingerprint density at radius 1 is 0.812 bits per heavy atom. The van der Waals surface area contributed by atoms with Crippen LogP contribution in [0.3, 0.4) is 0 Å². The molecule has 1 amide bonds. The molecule has 1 fully saturated rings. The van der Waals surface area contributed by atoms with Crippen LogP contribution in [0.4, 0.5) is 8.78 Å². The van der Waals surface area contributed by atoms with Crippen LogP contribution in [0.1, 0.15) is 36.5 Å². The van der Waals surface area contributed by atoms with Gasteiger partial charge in [-0.05, 0) is 47.5 Å². The molecule has 1 saturated heterocycles. The van der Waals surface area contributed by atoms with Crippen LogP contribution in [0, 0.1) is 11.6 Å². The molecule has 1 aliphatic heterocycles. The standard InChI is InChI=1S/C24H22F2N2O3S/c1-31-24(30)21-11-10-20(32-21)23(29)28-14-12-27(13-15-28)22(16-2-6-18(25)7-3-16)17-4-8-19(26)9-5-17/h2-11,22H,12-15H2,1H3. The summed E-state index contributed by atoms with van der Waals surface area (Å²) in [6.07, 6.45) is 0. The van der Waals surface area contributed by atoms with Gasteiger partial charge in [0.2, 0.25) is 0 Å². The summed E-state index contributed by atoms with van der Waals surface area (Å²) in [6, 6.07) is 15.7. The number of benzene rings is 2. The summed E-state index contributed by atoms with van der Waals surface area (Å²) in [4.78, 5) is 29.4. The van der Waals surface area contributed by atoms with E-state index in [1.807, 2.05) is 0 Å². The molecule has 0 N–H and O–H groups in total. The number of carbonyl (C=O) groups excluding carboxylic acids is 2. The zero-order valence-electron chi connectivity index (χ0n) is 17.5. The van der Waals surface area contributed by atoms with Crippen LogP contribution in [-0.2, 0) is 4.74 Å². The van der Waals surface area contributed by atoms with Gasteiger partial charge in [0.15, 0.2) is 0 Å². The highest BCUT2D eigenvalue weighted by molar-refractivity contribution is 7.15. The van der Waals surface area contributed by atoms with Gasteiger partial charge in [0.05, 0.1) is 18.0 Å². The third kappa shape index (κ3) is 4.71. The first-order chi connectivity index (χ1) is 15.5. The van der Waals surface area contributed by atoms with Gasteiger partial charge in [0.25, 0.3) is 5.91 Å². The molecule has 8 heteroatoms. The number of thiophene rings is 1. The quantitative estimate of drug-likeness (QED) is 0.536. The molecule has 5 nitrogen and oxygen atoms in total. The van der Waals surface area contributed by atoms with Crippen molar-refractivity contribution >= 4 is 23.2 Å². The van der Waals surface area contributed by atoms with E-state index in [1.165, 1.54) is 31.4 Å². The van der Waals surface area contributed by atoms with Crippen LogP contribution < -0.4 is 0 Å². The lowest BCUT2D eigenvalue weighted by Gasteiger charge is -2.39. The Labute approximate surface area is 188 Å². The van der Waals surface area contributed by atoms with E-state index in [0.29, 0.717) is 35.9 Å². The summed E-state index contributed by atoms with van der Waals surface area (Å²) >= 11 is 1.12. The fraction of sp³-hybridized carbons (Fsp3) is 0.250. The Bertz CT molecular complexity index is 1050. The van der Waals surface area contributed by atoms with Gasteiger partial charge in [-0.3, -0.25) is 9.69 Å². The average Bonchev–Trinajstić information content (AvgIpc) is 3.31. The maximum absolute atomic E-state index is 13.5. The number of esters is 1. The Morgan fingerprint density at radius 2 is 1.31 bits per heavy atom. The lowest BCUT2D eigenvalue weighted by atomic mass is 9.96. The first-order valence-corrected chi connectivity index (χ1v) is 11.0. The van der Waals surface area contributed by atoms with Crippen molar-refractivity contribution in [2.75, 3.05) is 33.3 Å². The van der Waals surface area contributed by atoms with Gasteiger partial charge in [-0.25, -0.2) is 13.6 Å². The number of hydrogen-bond donors (Lipinski definition) is 0. The fourth-order valence-corrected chi connectivity index (χ4v) is 4.80. The van der Waals surface area contributed by atoms with E-state index in [1.54, 1.807) is 41.3 Å². The van der Waals surface area contributed by atoms with E-state index in [2.05, 4.69) is 4.90 Å². The topological polar surface area (TPSA) is 49.9 Å². The lowest BCUT2D eigenvalue weighted by Crippen LogP contribution is -2.49. The molecule has 2 aromatic carbocycles. The number of piperazine rings is 1. The average molecular weight is 457 g/mol. The lowest BCUT2D eigenvalue weighted by molar-refractivity contribution is 0.0598. The number of nitrogens with zero attached hydrogens (tertiary/aromatic N) is 2. The van der Waals surface area contributed by atoms with Gasteiger partial charge in [-0.2, -0.15) is 0 Å². The van der Waals surface area contributed by atoms with Gasteiger partial charge in [0.1, 0.15) is 16.5 Å². The number of methoxy groups -OCH3 is 1. The minimum atomic E-state index is -0.458. The number of carbonyl (C=O) groups is 2. The molecule has 0 bridgehead atoms. The summed E-state index contributed by atoms with van der Waals surface area (Å²) in [7, 11) is 1.31. The Kier molecular flexibility index (Phi) is 6.62. The summed E-state index contributed by atoms with van der Waals surface area (Å²) in [5.41, 5.74) is 1.80. The highest BCUT2D eigenvalue weighted by Crippen LogP contribution is 2.30. The summed E-state index contributed by atoms with van der Waals surface area (Å²) in [5, 5.41) is 0. The highest BCUT2D eigenvalue weighted by atomic mass is 32.1. The third-order valence-corrected chi connectivity index (χ3v) is 6.59. The molecule has 0 atom stereocenters. The van der Waals surface area contributed by atoms with Gasteiger partial charge in [-0.15, -0.1) is 11.3 Å². The molecule has 4 rings (SSSR count). The third-order valence-electron chi connectivity index (χ3n) is 5.54.